The lowest BCUT2D eigenvalue weighted by atomic mass is 10.0. The fraction of sp³-hybridized carbons (Fsp3) is 0.633. The molecule has 0 aliphatic heterocycles. The topological polar surface area (TPSA) is 168 Å². The molecule has 4 amide bonds. The number of carboxylic acid groups (broad SMARTS) is 1. The molecule has 0 saturated carbocycles. The highest BCUT2D eigenvalue weighted by Crippen LogP contribution is 2.10. The number of carboxylic acids is 1. The molecular formula is C30H48N4O8. The third-order valence-electron chi connectivity index (χ3n) is 6.37. The fourth-order valence-corrected chi connectivity index (χ4v) is 4.32. The van der Waals surface area contributed by atoms with Crippen LogP contribution in [0.5, 0.6) is 0 Å². The highest BCUT2D eigenvalue weighted by molar-refractivity contribution is 5.97. The molecule has 0 saturated heterocycles. The maximum atomic E-state index is 13.4. The van der Waals surface area contributed by atoms with E-state index in [-0.39, 0.29) is 89.4 Å². The van der Waals surface area contributed by atoms with Gasteiger partial charge in [0.15, 0.2) is 0 Å². The molecule has 0 aliphatic carbocycles. The Labute approximate surface area is 248 Å². The number of rotatable bonds is 20. The molecule has 236 valence electrons. The smallest absolute Gasteiger partial charge is 0.326 e. The summed E-state index contributed by atoms with van der Waals surface area (Å²) in [5.74, 6) is -2.76. The van der Waals surface area contributed by atoms with Crippen LogP contribution in [0.4, 0.5) is 0 Å². The number of aliphatic carboxylic acids is 1. The number of aliphatic hydroxyl groups is 2. The predicted octanol–water partition coefficient (Wildman–Crippen LogP) is 1.21. The Morgan fingerprint density at radius 3 is 1.83 bits per heavy atom. The second kappa shape index (κ2) is 19.6. The monoisotopic (exact) mass is 592 g/mol. The van der Waals surface area contributed by atoms with Gasteiger partial charge in [-0.1, -0.05) is 45.9 Å². The minimum absolute atomic E-state index is 0.0350. The molecule has 0 radical (unpaired) electrons. The van der Waals surface area contributed by atoms with E-state index in [2.05, 4.69) is 5.32 Å². The van der Waals surface area contributed by atoms with Crippen LogP contribution in [0.3, 0.4) is 0 Å². The van der Waals surface area contributed by atoms with Crippen LogP contribution in [0, 0.1) is 11.8 Å². The molecular weight excluding hydrogens is 544 g/mol. The van der Waals surface area contributed by atoms with Crippen LogP contribution in [0.2, 0.25) is 0 Å². The molecule has 0 fully saturated rings. The Kier molecular flexibility index (Phi) is 17.0. The van der Waals surface area contributed by atoms with E-state index in [9.17, 15) is 39.3 Å². The summed E-state index contributed by atoms with van der Waals surface area (Å²) >= 11 is 0. The van der Waals surface area contributed by atoms with Crippen molar-refractivity contribution >= 4 is 29.6 Å². The van der Waals surface area contributed by atoms with Gasteiger partial charge in [-0.3, -0.25) is 19.2 Å². The summed E-state index contributed by atoms with van der Waals surface area (Å²) in [4.78, 5) is 68.0. The number of amides is 4. The third-order valence-corrected chi connectivity index (χ3v) is 6.37. The van der Waals surface area contributed by atoms with Gasteiger partial charge < -0.3 is 35.3 Å². The zero-order valence-electron chi connectivity index (χ0n) is 25.3. The number of benzene rings is 1. The van der Waals surface area contributed by atoms with Gasteiger partial charge in [0.25, 0.3) is 5.91 Å². The molecule has 0 bridgehead atoms. The summed E-state index contributed by atoms with van der Waals surface area (Å²) in [5.41, 5.74) is 0.441. The van der Waals surface area contributed by atoms with Crippen LogP contribution in [-0.2, 0) is 19.2 Å². The summed E-state index contributed by atoms with van der Waals surface area (Å²) in [5, 5.41) is 30.6. The molecule has 1 rings (SSSR count). The average Bonchev–Trinajstić information content (AvgIpc) is 2.93. The van der Waals surface area contributed by atoms with Crippen molar-refractivity contribution in [3.63, 3.8) is 0 Å². The van der Waals surface area contributed by atoms with Crippen LogP contribution in [0.1, 0.15) is 63.7 Å². The van der Waals surface area contributed by atoms with E-state index >= 15 is 0 Å². The zero-order valence-corrected chi connectivity index (χ0v) is 25.3. The van der Waals surface area contributed by atoms with Crippen LogP contribution in [-0.4, -0.2) is 118 Å². The number of aliphatic hydroxyl groups excluding tert-OH is 2. The first-order valence-corrected chi connectivity index (χ1v) is 14.5. The van der Waals surface area contributed by atoms with E-state index in [0.717, 1.165) is 0 Å². The van der Waals surface area contributed by atoms with Gasteiger partial charge >= 0.3 is 5.97 Å². The van der Waals surface area contributed by atoms with Crippen molar-refractivity contribution in [1.29, 1.82) is 0 Å². The molecule has 0 aromatic heterocycles. The van der Waals surface area contributed by atoms with Gasteiger partial charge in [0, 0.05) is 51.4 Å². The van der Waals surface area contributed by atoms with Gasteiger partial charge in [-0.05, 0) is 43.2 Å². The van der Waals surface area contributed by atoms with Crippen LogP contribution >= 0.6 is 0 Å². The molecule has 1 aromatic rings. The average molecular weight is 593 g/mol. The SMILES string of the molecule is CC(C)C[C@H](NC(=O)CCN(CCCO)C(=O)CN(CCCO)C(=O)CN(CC(C)C)C(=O)c1ccccc1)C(=O)O. The van der Waals surface area contributed by atoms with Gasteiger partial charge in [0.2, 0.25) is 17.7 Å². The molecule has 0 unspecified atom stereocenters. The van der Waals surface area contributed by atoms with Gasteiger partial charge in [0.1, 0.15) is 12.6 Å². The van der Waals surface area contributed by atoms with E-state index in [0.29, 0.717) is 12.1 Å². The molecule has 4 N–H and O–H groups in total. The Hall–Kier alpha value is -3.51. The normalized spacial score (nSPS) is 11.7. The van der Waals surface area contributed by atoms with E-state index < -0.39 is 29.7 Å². The number of hydrogen-bond acceptors (Lipinski definition) is 7. The Bertz CT molecular complexity index is 1000. The van der Waals surface area contributed by atoms with Crippen molar-refractivity contribution in [3.05, 3.63) is 35.9 Å². The molecule has 1 aromatic carbocycles. The molecule has 0 aliphatic rings. The van der Waals surface area contributed by atoms with E-state index in [1.165, 1.54) is 14.7 Å². The van der Waals surface area contributed by atoms with Gasteiger partial charge in [-0.2, -0.15) is 0 Å². The molecule has 1 atom stereocenters. The minimum atomic E-state index is -1.14. The lowest BCUT2D eigenvalue weighted by Crippen LogP contribution is -2.49. The van der Waals surface area contributed by atoms with Crippen molar-refractivity contribution in [1.82, 2.24) is 20.0 Å². The first kappa shape index (κ1) is 36.5. The predicted molar refractivity (Wildman–Crippen MR) is 157 cm³/mol. The van der Waals surface area contributed by atoms with Crippen molar-refractivity contribution < 1.29 is 39.3 Å². The Morgan fingerprint density at radius 2 is 1.31 bits per heavy atom. The summed E-state index contributed by atoms with van der Waals surface area (Å²) < 4.78 is 0. The standard InChI is InChI=1S/C30H48N4O8/c1-22(2)18-25(30(41)42)31-26(37)12-15-32(13-8-16-35)27(38)20-33(14-9-17-36)28(39)21-34(19-23(3)4)29(40)24-10-6-5-7-11-24/h5-7,10-11,22-23,25,35-36H,8-9,12-21H2,1-4H3,(H,31,37)(H,41,42)/t25-/m0/s1. The minimum Gasteiger partial charge on any atom is -0.480 e. The largest absolute Gasteiger partial charge is 0.480 e. The summed E-state index contributed by atoms with van der Waals surface area (Å²) in [6, 6.07) is 7.57. The van der Waals surface area contributed by atoms with Crippen molar-refractivity contribution in [2.75, 3.05) is 52.5 Å². The van der Waals surface area contributed by atoms with E-state index in [1.807, 2.05) is 27.7 Å². The van der Waals surface area contributed by atoms with Crippen LogP contribution in [0.25, 0.3) is 0 Å². The molecule has 0 heterocycles. The third kappa shape index (κ3) is 13.9. The maximum Gasteiger partial charge on any atom is 0.326 e. The van der Waals surface area contributed by atoms with Crippen LogP contribution in [0.15, 0.2) is 30.3 Å². The van der Waals surface area contributed by atoms with Crippen LogP contribution < -0.4 is 5.32 Å². The van der Waals surface area contributed by atoms with E-state index in [1.54, 1.807) is 30.3 Å². The molecule has 12 heteroatoms. The van der Waals surface area contributed by atoms with Crippen molar-refractivity contribution in [3.8, 4) is 0 Å². The summed E-state index contributed by atoms with van der Waals surface area (Å²) in [6.45, 7) is 7.07. The second-order valence-corrected chi connectivity index (χ2v) is 11.1. The Balaban J connectivity index is 3.00. The molecule has 0 spiro atoms. The van der Waals surface area contributed by atoms with Gasteiger partial charge in [-0.15, -0.1) is 0 Å². The number of nitrogens with zero attached hydrogens (tertiary/aromatic N) is 3. The summed E-state index contributed by atoms with van der Waals surface area (Å²) in [7, 11) is 0. The Morgan fingerprint density at radius 1 is 0.762 bits per heavy atom. The number of hydrogen-bond donors (Lipinski definition) is 4. The molecule has 12 nitrogen and oxygen atoms in total. The van der Waals surface area contributed by atoms with Crippen molar-refractivity contribution in [2.45, 2.75) is 59.4 Å². The number of carbonyl (C=O) groups is 5. The quantitative estimate of drug-likeness (QED) is 0.175. The van der Waals surface area contributed by atoms with Gasteiger partial charge in [-0.25, -0.2) is 4.79 Å². The van der Waals surface area contributed by atoms with E-state index in [4.69, 9.17) is 0 Å². The number of nitrogens with one attached hydrogen (secondary N) is 1. The highest BCUT2D eigenvalue weighted by atomic mass is 16.4. The first-order chi connectivity index (χ1) is 19.9. The number of carbonyl (C=O) groups excluding carboxylic acids is 4. The lowest BCUT2D eigenvalue weighted by Gasteiger charge is -2.30. The highest BCUT2D eigenvalue weighted by Gasteiger charge is 2.27. The summed E-state index contributed by atoms with van der Waals surface area (Å²) in [6.07, 6.45) is 0.576. The van der Waals surface area contributed by atoms with Gasteiger partial charge in [0.05, 0.1) is 6.54 Å². The fourth-order valence-electron chi connectivity index (χ4n) is 4.32. The lowest BCUT2D eigenvalue weighted by molar-refractivity contribution is -0.143. The maximum absolute atomic E-state index is 13.4. The second-order valence-electron chi connectivity index (χ2n) is 11.1. The first-order valence-electron chi connectivity index (χ1n) is 14.5. The zero-order chi connectivity index (χ0) is 31.7. The molecule has 42 heavy (non-hydrogen) atoms. The van der Waals surface area contributed by atoms with Crippen molar-refractivity contribution in [2.24, 2.45) is 11.8 Å².